The summed E-state index contributed by atoms with van der Waals surface area (Å²) in [5, 5.41) is 9.38. The van der Waals surface area contributed by atoms with Crippen LogP contribution in [0.4, 0.5) is 0 Å². The molecule has 3 nitrogen and oxygen atoms in total. The lowest BCUT2D eigenvalue weighted by atomic mass is 9.51. The first kappa shape index (κ1) is 17.0. The Labute approximate surface area is 152 Å². The summed E-state index contributed by atoms with van der Waals surface area (Å²) in [7, 11) is 0. The second kappa shape index (κ2) is 6.05. The Morgan fingerprint density at radius 1 is 1.29 bits per heavy atom. The number of Topliss-reactive ketones (excluding diaryl/α,β-unsaturated/α-hetero) is 1. The fourth-order valence-corrected chi connectivity index (χ4v) is 8.29. The van der Waals surface area contributed by atoms with Gasteiger partial charge in [-0.15, -0.1) is 0 Å². The number of ketones is 2. The van der Waals surface area contributed by atoms with Crippen LogP contribution in [0.5, 0.6) is 0 Å². The Balaban J connectivity index is 1.65. The molecule has 4 aliphatic rings. The summed E-state index contributed by atoms with van der Waals surface area (Å²) in [5.74, 6) is 2.79. The first-order valence-corrected chi connectivity index (χ1v) is 10.4. The molecule has 0 heterocycles. The third-order valence-corrected chi connectivity index (χ3v) is 8.71. The fraction of sp³-hybridized carbons (Fsp3) is 0.800. The van der Waals surface area contributed by atoms with Gasteiger partial charge >= 0.3 is 0 Å². The van der Waals surface area contributed by atoms with E-state index >= 15 is 0 Å². The summed E-state index contributed by atoms with van der Waals surface area (Å²) >= 11 is 3.99. The first-order chi connectivity index (χ1) is 11.5. The molecule has 0 aliphatic heterocycles. The Hall–Kier alpha value is -0.480. The largest absolute Gasteiger partial charge is 0.389 e. The maximum Gasteiger partial charge on any atom is 0.161 e. The smallest absolute Gasteiger partial charge is 0.161 e. The highest BCUT2D eigenvalue weighted by Crippen LogP contribution is 2.64. The SMILES string of the molecule is C[C@]12C[C@@H](Br)[C@H]3[C@@H](CCC4=CC(=O)CC[C@@H]43)[C@@H]1CC[C@@H]2C(=O)CO. The molecule has 0 unspecified atom stereocenters. The van der Waals surface area contributed by atoms with Gasteiger partial charge in [0, 0.05) is 17.2 Å². The summed E-state index contributed by atoms with van der Waals surface area (Å²) in [6, 6.07) is 0. The van der Waals surface area contributed by atoms with Gasteiger partial charge in [0.25, 0.3) is 0 Å². The van der Waals surface area contributed by atoms with Crippen LogP contribution in [-0.2, 0) is 9.59 Å². The first-order valence-electron chi connectivity index (χ1n) is 9.46. The van der Waals surface area contributed by atoms with Gasteiger partial charge in [-0.25, -0.2) is 0 Å². The van der Waals surface area contributed by atoms with Gasteiger partial charge in [0.15, 0.2) is 11.6 Å². The number of carbonyl (C=O) groups is 2. The molecule has 0 spiro atoms. The molecule has 4 aliphatic carbocycles. The van der Waals surface area contributed by atoms with Gasteiger partial charge in [-0.1, -0.05) is 28.4 Å². The zero-order valence-electron chi connectivity index (χ0n) is 14.3. The number of alkyl halides is 1. The number of aliphatic hydroxyl groups is 1. The third kappa shape index (κ3) is 2.39. The maximum atomic E-state index is 12.3. The molecule has 0 radical (unpaired) electrons. The predicted molar refractivity (Wildman–Crippen MR) is 95.8 cm³/mol. The standard InChI is InChI=1S/C20H27BrO3/c1-20-9-17(21)19-13-5-3-12(23)8-11(13)2-4-14(19)15(20)6-7-16(20)18(24)10-22/h8,13-17,19,22H,2-7,9-10H2,1H3/t13-,14-,15-,16+,17+,19+,20-/m0/s1. The van der Waals surface area contributed by atoms with E-state index < -0.39 is 0 Å². The van der Waals surface area contributed by atoms with Gasteiger partial charge in [0.2, 0.25) is 0 Å². The van der Waals surface area contributed by atoms with Crippen molar-refractivity contribution in [1.29, 1.82) is 0 Å². The van der Waals surface area contributed by atoms with Crippen LogP contribution < -0.4 is 0 Å². The molecule has 4 rings (SSSR count). The minimum atomic E-state index is -0.314. The Morgan fingerprint density at radius 3 is 2.83 bits per heavy atom. The molecule has 4 heteroatoms. The molecule has 24 heavy (non-hydrogen) atoms. The monoisotopic (exact) mass is 394 g/mol. The van der Waals surface area contributed by atoms with Gasteiger partial charge in [-0.3, -0.25) is 9.59 Å². The van der Waals surface area contributed by atoms with E-state index in [0.717, 1.165) is 38.5 Å². The van der Waals surface area contributed by atoms with E-state index in [4.69, 9.17) is 0 Å². The van der Waals surface area contributed by atoms with Crippen LogP contribution in [-0.4, -0.2) is 28.1 Å². The highest BCUT2D eigenvalue weighted by molar-refractivity contribution is 9.09. The van der Waals surface area contributed by atoms with Crippen LogP contribution in [0.15, 0.2) is 11.6 Å². The van der Waals surface area contributed by atoms with Gasteiger partial charge in [0.1, 0.15) is 6.61 Å². The molecule has 0 aromatic rings. The second-order valence-electron chi connectivity index (χ2n) is 8.70. The topological polar surface area (TPSA) is 54.4 Å². The molecule has 0 saturated heterocycles. The van der Waals surface area contributed by atoms with E-state index in [2.05, 4.69) is 22.9 Å². The number of carbonyl (C=O) groups excluding carboxylic acids is 2. The van der Waals surface area contributed by atoms with Crippen molar-refractivity contribution in [2.24, 2.45) is 35.0 Å². The molecule has 7 atom stereocenters. The van der Waals surface area contributed by atoms with Crippen molar-refractivity contribution in [2.45, 2.75) is 56.7 Å². The summed E-state index contributed by atoms with van der Waals surface area (Å²) in [6.07, 6.45) is 8.94. The van der Waals surface area contributed by atoms with Crippen LogP contribution in [0.25, 0.3) is 0 Å². The molecule has 0 aromatic carbocycles. The number of hydrogen-bond donors (Lipinski definition) is 1. The molecular formula is C20H27BrO3. The lowest BCUT2D eigenvalue weighted by Crippen LogP contribution is -2.52. The zero-order valence-corrected chi connectivity index (χ0v) is 15.9. The van der Waals surface area contributed by atoms with Crippen LogP contribution in [0.2, 0.25) is 0 Å². The number of fused-ring (bicyclic) bond motifs is 5. The van der Waals surface area contributed by atoms with Gasteiger partial charge < -0.3 is 5.11 Å². The van der Waals surface area contributed by atoms with Crippen molar-refractivity contribution in [1.82, 2.24) is 0 Å². The van der Waals surface area contributed by atoms with Crippen molar-refractivity contribution in [3.63, 3.8) is 0 Å². The maximum absolute atomic E-state index is 12.3. The average Bonchev–Trinajstić information content (AvgIpc) is 2.90. The normalized spacial score (nSPS) is 47.5. The summed E-state index contributed by atoms with van der Waals surface area (Å²) in [5.41, 5.74) is 1.42. The van der Waals surface area contributed by atoms with Crippen molar-refractivity contribution < 1.29 is 14.7 Å². The third-order valence-electron chi connectivity index (χ3n) is 7.77. The Morgan fingerprint density at radius 2 is 2.08 bits per heavy atom. The van der Waals surface area contributed by atoms with Crippen molar-refractivity contribution in [3.8, 4) is 0 Å². The van der Waals surface area contributed by atoms with E-state index in [1.807, 2.05) is 6.08 Å². The Kier molecular flexibility index (Phi) is 4.28. The summed E-state index contributed by atoms with van der Waals surface area (Å²) < 4.78 is 0. The van der Waals surface area contributed by atoms with E-state index in [0.29, 0.717) is 40.7 Å². The van der Waals surface area contributed by atoms with Gasteiger partial charge in [-0.2, -0.15) is 0 Å². The average molecular weight is 395 g/mol. The highest BCUT2D eigenvalue weighted by Gasteiger charge is 2.60. The van der Waals surface area contributed by atoms with E-state index in [1.165, 1.54) is 5.57 Å². The molecular weight excluding hydrogens is 368 g/mol. The minimum absolute atomic E-state index is 0.0263. The molecule has 0 aromatic heterocycles. The molecule has 132 valence electrons. The predicted octanol–water partition coefficient (Wildman–Crippen LogP) is 3.68. The number of hydrogen-bond acceptors (Lipinski definition) is 3. The lowest BCUT2D eigenvalue weighted by Gasteiger charge is -2.56. The molecule has 3 saturated carbocycles. The number of allylic oxidation sites excluding steroid dienone is 1. The molecule has 3 fully saturated rings. The molecule has 1 N–H and O–H groups in total. The number of rotatable bonds is 2. The van der Waals surface area contributed by atoms with Crippen molar-refractivity contribution in [3.05, 3.63) is 11.6 Å². The number of aliphatic hydroxyl groups excluding tert-OH is 1. The lowest BCUT2D eigenvalue weighted by molar-refractivity contribution is -0.131. The van der Waals surface area contributed by atoms with Crippen LogP contribution in [0, 0.1) is 35.0 Å². The van der Waals surface area contributed by atoms with Crippen LogP contribution in [0.3, 0.4) is 0 Å². The zero-order chi connectivity index (χ0) is 17.1. The Bertz CT molecular complexity index is 598. The van der Waals surface area contributed by atoms with Crippen molar-refractivity contribution >= 4 is 27.5 Å². The van der Waals surface area contributed by atoms with Gasteiger partial charge in [-0.05, 0) is 73.7 Å². The number of halogens is 1. The minimum Gasteiger partial charge on any atom is -0.389 e. The van der Waals surface area contributed by atoms with Crippen LogP contribution in [0.1, 0.15) is 51.9 Å². The van der Waals surface area contributed by atoms with Crippen molar-refractivity contribution in [2.75, 3.05) is 6.61 Å². The molecule has 0 amide bonds. The highest BCUT2D eigenvalue weighted by atomic mass is 79.9. The van der Waals surface area contributed by atoms with Crippen LogP contribution >= 0.6 is 15.9 Å². The van der Waals surface area contributed by atoms with E-state index in [1.54, 1.807) is 0 Å². The van der Waals surface area contributed by atoms with E-state index in [9.17, 15) is 14.7 Å². The molecule has 0 bridgehead atoms. The summed E-state index contributed by atoms with van der Waals surface area (Å²) in [6.45, 7) is 1.98. The fourth-order valence-electron chi connectivity index (χ4n) is 6.84. The second-order valence-corrected chi connectivity index (χ2v) is 9.87. The van der Waals surface area contributed by atoms with Gasteiger partial charge in [0.05, 0.1) is 0 Å². The van der Waals surface area contributed by atoms with E-state index in [-0.39, 0.29) is 23.7 Å². The quantitative estimate of drug-likeness (QED) is 0.726. The summed E-state index contributed by atoms with van der Waals surface area (Å²) in [4.78, 5) is 24.5.